The van der Waals surface area contributed by atoms with Crippen molar-refractivity contribution in [3.05, 3.63) is 89.2 Å². The van der Waals surface area contributed by atoms with Crippen LogP contribution in [0.15, 0.2) is 66.7 Å². The number of hydrogen-bond acceptors (Lipinski definition) is 5. The number of carboxylic acid groups (broad SMARTS) is 1. The maximum absolute atomic E-state index is 13.9. The van der Waals surface area contributed by atoms with E-state index in [2.05, 4.69) is 15.5 Å². The SMILES string of the molecule is CN(C)CCCCC(=O)N(C)c1ccc(N/C(=C2\C(=O)Nc3cc(F)ccc32)c2ccc(CC(=O)O)cc2)cc1. The van der Waals surface area contributed by atoms with Crippen molar-refractivity contribution in [3.8, 4) is 0 Å². The van der Waals surface area contributed by atoms with Crippen molar-refractivity contribution in [1.82, 2.24) is 4.90 Å². The van der Waals surface area contributed by atoms with Crippen LogP contribution in [0.5, 0.6) is 0 Å². The molecule has 8 nitrogen and oxygen atoms in total. The second kappa shape index (κ2) is 12.6. The van der Waals surface area contributed by atoms with E-state index in [-0.39, 0.29) is 18.2 Å². The molecule has 0 saturated heterocycles. The van der Waals surface area contributed by atoms with Crippen molar-refractivity contribution in [3.63, 3.8) is 0 Å². The minimum absolute atomic E-state index is 0.0372. The predicted molar refractivity (Wildman–Crippen MR) is 156 cm³/mol. The van der Waals surface area contributed by atoms with Crippen LogP contribution in [0.2, 0.25) is 0 Å². The lowest BCUT2D eigenvalue weighted by atomic mass is 9.98. The van der Waals surface area contributed by atoms with Gasteiger partial charge < -0.3 is 25.5 Å². The predicted octanol–water partition coefficient (Wildman–Crippen LogP) is 5.08. The Kier molecular flexibility index (Phi) is 8.96. The molecule has 3 N–H and O–H groups in total. The molecule has 9 heteroatoms. The summed E-state index contributed by atoms with van der Waals surface area (Å²) in [5.41, 5.74) is 4.47. The van der Waals surface area contributed by atoms with Crippen molar-refractivity contribution in [1.29, 1.82) is 0 Å². The number of carboxylic acids is 1. The maximum Gasteiger partial charge on any atom is 0.307 e. The summed E-state index contributed by atoms with van der Waals surface area (Å²) < 4.78 is 13.9. The Bertz CT molecular complexity index is 1430. The molecule has 0 atom stereocenters. The number of amides is 2. The average Bonchev–Trinajstić information content (AvgIpc) is 3.24. The monoisotopic (exact) mass is 544 g/mol. The Balaban J connectivity index is 1.61. The fourth-order valence-electron chi connectivity index (χ4n) is 4.56. The third-order valence-corrected chi connectivity index (χ3v) is 6.72. The number of fused-ring (bicyclic) bond motifs is 1. The normalized spacial score (nSPS) is 13.6. The van der Waals surface area contributed by atoms with Crippen LogP contribution in [-0.4, -0.2) is 55.5 Å². The number of halogens is 1. The zero-order valence-electron chi connectivity index (χ0n) is 22.8. The Morgan fingerprint density at radius 3 is 2.30 bits per heavy atom. The van der Waals surface area contributed by atoms with E-state index in [1.165, 1.54) is 12.1 Å². The Morgan fingerprint density at radius 2 is 1.65 bits per heavy atom. The standard InChI is InChI=1S/C31H33FN4O4/c1-35(2)17-5-4-6-27(37)36(3)24-14-12-23(13-15-24)33-30(21-9-7-20(8-10-21)18-28(38)39)29-25-16-11-22(32)19-26(25)34-31(29)40/h7-16,19,33H,4-6,17-18H2,1-3H3,(H,34,40)(H,38,39)/b30-29-. The van der Waals surface area contributed by atoms with Crippen LogP contribution in [0.3, 0.4) is 0 Å². The molecule has 1 aliphatic heterocycles. The molecule has 1 heterocycles. The van der Waals surface area contributed by atoms with Gasteiger partial charge in [0.1, 0.15) is 5.82 Å². The first kappa shape index (κ1) is 28.5. The summed E-state index contributed by atoms with van der Waals surface area (Å²) >= 11 is 0. The van der Waals surface area contributed by atoms with E-state index in [0.717, 1.165) is 25.1 Å². The Labute approximate surface area is 233 Å². The van der Waals surface area contributed by atoms with E-state index < -0.39 is 11.8 Å². The number of aliphatic carboxylic acids is 1. The van der Waals surface area contributed by atoms with Crippen LogP contribution in [0.25, 0.3) is 11.3 Å². The molecule has 3 aromatic carbocycles. The van der Waals surface area contributed by atoms with Crippen molar-refractivity contribution in [2.75, 3.05) is 43.2 Å². The van der Waals surface area contributed by atoms with Gasteiger partial charge in [0.15, 0.2) is 0 Å². The van der Waals surface area contributed by atoms with Gasteiger partial charge in [0, 0.05) is 30.4 Å². The number of carbonyl (C=O) groups is 3. The van der Waals surface area contributed by atoms with E-state index >= 15 is 0 Å². The number of hydrogen-bond donors (Lipinski definition) is 3. The summed E-state index contributed by atoms with van der Waals surface area (Å²) in [6, 6.07) is 18.3. The molecule has 0 aliphatic carbocycles. The molecular weight excluding hydrogens is 511 g/mol. The molecule has 2 amide bonds. The van der Waals surface area contributed by atoms with Gasteiger partial charge in [0.05, 0.1) is 23.4 Å². The topological polar surface area (TPSA) is 102 Å². The van der Waals surface area contributed by atoms with Crippen LogP contribution in [0.1, 0.15) is 36.0 Å². The van der Waals surface area contributed by atoms with E-state index in [4.69, 9.17) is 5.11 Å². The molecular formula is C31H33FN4O4. The molecule has 0 saturated carbocycles. The third kappa shape index (κ3) is 6.92. The van der Waals surface area contributed by atoms with Crippen LogP contribution >= 0.6 is 0 Å². The number of benzene rings is 3. The third-order valence-electron chi connectivity index (χ3n) is 6.72. The summed E-state index contributed by atoms with van der Waals surface area (Å²) in [5, 5.41) is 15.2. The number of unbranched alkanes of at least 4 members (excludes halogenated alkanes) is 1. The molecule has 0 aromatic heterocycles. The quantitative estimate of drug-likeness (QED) is 0.230. The number of rotatable bonds is 11. The lowest BCUT2D eigenvalue weighted by Gasteiger charge is -2.19. The first-order chi connectivity index (χ1) is 19.1. The van der Waals surface area contributed by atoms with Gasteiger partial charge in [0.25, 0.3) is 5.91 Å². The molecule has 1 aliphatic rings. The van der Waals surface area contributed by atoms with E-state index in [0.29, 0.717) is 45.8 Å². The Hall–Kier alpha value is -4.50. The highest BCUT2D eigenvalue weighted by atomic mass is 19.1. The molecule has 3 aromatic rings. The molecule has 0 unspecified atom stereocenters. The molecule has 0 radical (unpaired) electrons. The highest BCUT2D eigenvalue weighted by molar-refractivity contribution is 6.37. The second-order valence-corrected chi connectivity index (χ2v) is 10.0. The lowest BCUT2D eigenvalue weighted by Crippen LogP contribution is -2.26. The summed E-state index contributed by atoms with van der Waals surface area (Å²) in [4.78, 5) is 40.6. The highest BCUT2D eigenvalue weighted by Gasteiger charge is 2.29. The molecule has 208 valence electrons. The zero-order chi connectivity index (χ0) is 28.8. The number of anilines is 3. The van der Waals surface area contributed by atoms with Crippen molar-refractivity contribution < 1.29 is 23.9 Å². The largest absolute Gasteiger partial charge is 0.481 e. The summed E-state index contributed by atoms with van der Waals surface area (Å²) in [6.45, 7) is 0.939. The van der Waals surface area contributed by atoms with Gasteiger partial charge in [-0.15, -0.1) is 0 Å². The van der Waals surface area contributed by atoms with Crippen molar-refractivity contribution >= 4 is 46.1 Å². The summed E-state index contributed by atoms with van der Waals surface area (Å²) in [6.07, 6.45) is 2.11. The Morgan fingerprint density at radius 1 is 0.950 bits per heavy atom. The van der Waals surface area contributed by atoms with Crippen molar-refractivity contribution in [2.24, 2.45) is 0 Å². The fraction of sp³-hybridized carbons (Fsp3) is 0.258. The minimum Gasteiger partial charge on any atom is -0.481 e. The zero-order valence-corrected chi connectivity index (χ0v) is 22.8. The number of nitrogens with one attached hydrogen (secondary N) is 2. The van der Waals surface area contributed by atoms with Crippen LogP contribution in [0, 0.1) is 5.82 Å². The summed E-state index contributed by atoms with van der Waals surface area (Å²) in [5.74, 6) is -1.74. The van der Waals surface area contributed by atoms with Gasteiger partial charge in [0.2, 0.25) is 5.91 Å². The van der Waals surface area contributed by atoms with Crippen LogP contribution in [-0.2, 0) is 20.8 Å². The molecule has 0 fully saturated rings. The highest BCUT2D eigenvalue weighted by Crippen LogP contribution is 2.38. The van der Waals surface area contributed by atoms with Gasteiger partial charge in [-0.3, -0.25) is 14.4 Å². The number of carbonyl (C=O) groups excluding carboxylic acids is 2. The van der Waals surface area contributed by atoms with Crippen LogP contribution < -0.4 is 15.5 Å². The summed E-state index contributed by atoms with van der Waals surface area (Å²) in [7, 11) is 5.77. The maximum atomic E-state index is 13.9. The minimum atomic E-state index is -0.937. The lowest BCUT2D eigenvalue weighted by molar-refractivity contribution is -0.136. The smallest absolute Gasteiger partial charge is 0.307 e. The molecule has 40 heavy (non-hydrogen) atoms. The van der Waals surface area contributed by atoms with Gasteiger partial charge in [-0.25, -0.2) is 4.39 Å². The fourth-order valence-corrected chi connectivity index (χ4v) is 4.56. The van der Waals surface area contributed by atoms with Crippen LogP contribution in [0.4, 0.5) is 21.5 Å². The van der Waals surface area contributed by atoms with E-state index in [9.17, 15) is 18.8 Å². The first-order valence-electron chi connectivity index (χ1n) is 13.1. The van der Waals surface area contributed by atoms with Crippen molar-refractivity contribution in [2.45, 2.75) is 25.7 Å². The van der Waals surface area contributed by atoms with E-state index in [1.54, 1.807) is 42.3 Å². The average molecular weight is 545 g/mol. The van der Waals surface area contributed by atoms with Gasteiger partial charge in [-0.05, 0) is 87.1 Å². The van der Waals surface area contributed by atoms with E-state index in [1.807, 2.05) is 38.4 Å². The first-order valence-corrected chi connectivity index (χ1v) is 13.1. The second-order valence-electron chi connectivity index (χ2n) is 10.0. The number of nitrogens with zero attached hydrogens (tertiary/aromatic N) is 2. The molecule has 0 bridgehead atoms. The van der Waals surface area contributed by atoms with Gasteiger partial charge in [-0.1, -0.05) is 24.3 Å². The molecule has 4 rings (SSSR count). The van der Waals surface area contributed by atoms with Gasteiger partial charge in [-0.2, -0.15) is 0 Å². The molecule has 0 spiro atoms. The van der Waals surface area contributed by atoms with Gasteiger partial charge >= 0.3 is 5.97 Å².